The summed E-state index contributed by atoms with van der Waals surface area (Å²) in [7, 11) is 0. The van der Waals surface area contributed by atoms with Crippen molar-refractivity contribution in [3.8, 4) is 12.3 Å². The van der Waals surface area contributed by atoms with E-state index in [0.717, 1.165) is 0 Å². The number of carboxylic acid groups (broad SMARTS) is 1. The second-order valence-corrected chi connectivity index (χ2v) is 5.26. The smallest absolute Gasteiger partial charge is 0.327 e. The van der Waals surface area contributed by atoms with E-state index in [-0.39, 0.29) is 6.42 Å². The minimum atomic E-state index is -1.16. The van der Waals surface area contributed by atoms with Gasteiger partial charge in [-0.3, -0.25) is 4.79 Å². The molecule has 0 unspecified atom stereocenters. The van der Waals surface area contributed by atoms with Gasteiger partial charge < -0.3 is 10.4 Å². The van der Waals surface area contributed by atoms with Crippen LogP contribution in [-0.4, -0.2) is 23.0 Å². The highest BCUT2D eigenvalue weighted by atomic mass is 79.9. The number of carbonyl (C=O) groups excluding carboxylic acids is 1. The van der Waals surface area contributed by atoms with Crippen molar-refractivity contribution in [2.24, 2.45) is 0 Å². The summed E-state index contributed by atoms with van der Waals surface area (Å²) in [6.07, 6.45) is 4.99. The van der Waals surface area contributed by atoms with E-state index < -0.39 is 17.9 Å². The van der Waals surface area contributed by atoms with Crippen molar-refractivity contribution >= 4 is 43.7 Å². The molecule has 2 N–H and O–H groups in total. The summed E-state index contributed by atoms with van der Waals surface area (Å²) in [6.45, 7) is 0. The molecule has 0 spiro atoms. The van der Waals surface area contributed by atoms with E-state index in [0.29, 0.717) is 14.5 Å². The van der Waals surface area contributed by atoms with E-state index >= 15 is 0 Å². The van der Waals surface area contributed by atoms with Gasteiger partial charge in [0.25, 0.3) is 5.91 Å². The second-order valence-electron chi connectivity index (χ2n) is 3.43. The first-order valence-corrected chi connectivity index (χ1v) is 6.46. The van der Waals surface area contributed by atoms with Gasteiger partial charge in [-0.1, -0.05) is 31.9 Å². The monoisotopic (exact) mass is 373 g/mol. The van der Waals surface area contributed by atoms with Crippen molar-refractivity contribution in [2.45, 2.75) is 12.5 Å². The molecule has 0 fully saturated rings. The van der Waals surface area contributed by atoms with E-state index in [1.54, 1.807) is 18.2 Å². The summed E-state index contributed by atoms with van der Waals surface area (Å²) < 4.78 is 1.43. The topological polar surface area (TPSA) is 66.4 Å². The zero-order chi connectivity index (χ0) is 13.7. The molecule has 1 aromatic rings. The molecule has 6 heteroatoms. The number of terminal acetylenes is 1. The van der Waals surface area contributed by atoms with Crippen LogP contribution in [0.3, 0.4) is 0 Å². The molecular weight excluding hydrogens is 366 g/mol. The normalized spacial score (nSPS) is 11.4. The van der Waals surface area contributed by atoms with E-state index in [1.807, 2.05) is 0 Å². The highest BCUT2D eigenvalue weighted by molar-refractivity contribution is 9.11. The van der Waals surface area contributed by atoms with Gasteiger partial charge in [0.2, 0.25) is 0 Å². The van der Waals surface area contributed by atoms with Crippen LogP contribution in [0.5, 0.6) is 0 Å². The highest BCUT2D eigenvalue weighted by Crippen LogP contribution is 2.20. The Morgan fingerprint density at radius 2 is 1.89 bits per heavy atom. The minimum Gasteiger partial charge on any atom is -0.480 e. The Morgan fingerprint density at radius 3 is 2.33 bits per heavy atom. The van der Waals surface area contributed by atoms with Gasteiger partial charge in [-0.05, 0) is 18.2 Å². The third-order valence-corrected chi connectivity index (χ3v) is 2.97. The molecule has 0 aliphatic heterocycles. The first kappa shape index (κ1) is 14.7. The Balaban J connectivity index is 2.87. The maximum absolute atomic E-state index is 11.9. The maximum Gasteiger partial charge on any atom is 0.327 e. The molecule has 0 aromatic heterocycles. The van der Waals surface area contributed by atoms with Crippen molar-refractivity contribution in [1.29, 1.82) is 0 Å². The molecule has 1 aromatic carbocycles. The second kappa shape index (κ2) is 6.57. The molecular formula is C12H9Br2NO3. The van der Waals surface area contributed by atoms with Gasteiger partial charge in [-0.2, -0.15) is 0 Å². The van der Waals surface area contributed by atoms with Gasteiger partial charge in [0, 0.05) is 20.9 Å². The van der Waals surface area contributed by atoms with Gasteiger partial charge in [0.05, 0.1) is 0 Å². The summed E-state index contributed by atoms with van der Waals surface area (Å²) in [5, 5.41) is 11.2. The maximum atomic E-state index is 11.9. The number of carboxylic acids is 1. The van der Waals surface area contributed by atoms with Gasteiger partial charge >= 0.3 is 5.97 Å². The number of hydrogen-bond acceptors (Lipinski definition) is 2. The number of rotatable bonds is 4. The predicted octanol–water partition coefficient (Wildman–Crippen LogP) is 2.42. The summed E-state index contributed by atoms with van der Waals surface area (Å²) in [5.74, 6) is 0.571. The molecule has 0 saturated heterocycles. The number of amides is 1. The fourth-order valence-corrected chi connectivity index (χ4v) is 2.54. The van der Waals surface area contributed by atoms with Crippen LogP contribution in [0.2, 0.25) is 0 Å². The number of hydrogen-bond donors (Lipinski definition) is 2. The summed E-state index contributed by atoms with van der Waals surface area (Å²) in [6, 6.07) is 3.87. The molecule has 1 amide bonds. The molecule has 1 rings (SSSR count). The Labute approximate surface area is 121 Å². The van der Waals surface area contributed by atoms with Crippen molar-refractivity contribution in [3.63, 3.8) is 0 Å². The lowest BCUT2D eigenvalue weighted by Gasteiger charge is -2.12. The lowest BCUT2D eigenvalue weighted by Crippen LogP contribution is -2.40. The average molecular weight is 375 g/mol. The number of nitrogens with one attached hydrogen (secondary N) is 1. The summed E-state index contributed by atoms with van der Waals surface area (Å²) >= 11 is 6.50. The van der Waals surface area contributed by atoms with Crippen LogP contribution in [-0.2, 0) is 4.79 Å². The van der Waals surface area contributed by atoms with Crippen LogP contribution in [0, 0.1) is 12.3 Å². The molecule has 18 heavy (non-hydrogen) atoms. The van der Waals surface area contributed by atoms with Crippen LogP contribution >= 0.6 is 31.9 Å². The number of benzene rings is 1. The van der Waals surface area contributed by atoms with E-state index in [9.17, 15) is 9.59 Å². The van der Waals surface area contributed by atoms with Crippen molar-refractivity contribution in [3.05, 3.63) is 32.7 Å². The van der Waals surface area contributed by atoms with Crippen LogP contribution in [0.1, 0.15) is 16.8 Å². The quantitative estimate of drug-likeness (QED) is 0.795. The van der Waals surface area contributed by atoms with Gasteiger partial charge in [0.15, 0.2) is 0 Å². The first-order valence-electron chi connectivity index (χ1n) is 4.87. The van der Waals surface area contributed by atoms with Crippen molar-refractivity contribution < 1.29 is 14.7 Å². The van der Waals surface area contributed by atoms with E-state index in [1.165, 1.54) is 0 Å². The zero-order valence-electron chi connectivity index (χ0n) is 9.11. The van der Waals surface area contributed by atoms with Crippen molar-refractivity contribution in [2.75, 3.05) is 0 Å². The van der Waals surface area contributed by atoms with Crippen LogP contribution < -0.4 is 5.32 Å². The third kappa shape index (κ3) is 4.17. The fraction of sp³-hybridized carbons (Fsp3) is 0.167. The zero-order valence-corrected chi connectivity index (χ0v) is 12.3. The summed E-state index contributed by atoms with van der Waals surface area (Å²) in [4.78, 5) is 22.7. The highest BCUT2D eigenvalue weighted by Gasteiger charge is 2.19. The number of carbonyl (C=O) groups is 2. The fourth-order valence-electron chi connectivity index (χ4n) is 1.24. The number of aliphatic carboxylic acids is 1. The standard InChI is InChI=1S/C12H9Br2NO3/c1-2-3-10(12(17)18)15-11(16)7-4-8(13)6-9(14)5-7/h1,4-6,10H,3H2,(H,15,16)(H,17,18)/t10-/m1/s1. The van der Waals surface area contributed by atoms with Gasteiger partial charge in [-0.15, -0.1) is 12.3 Å². The molecule has 94 valence electrons. The molecule has 0 aliphatic carbocycles. The van der Waals surface area contributed by atoms with Gasteiger partial charge in [0.1, 0.15) is 6.04 Å². The molecule has 0 aliphatic rings. The van der Waals surface area contributed by atoms with E-state index in [4.69, 9.17) is 11.5 Å². The van der Waals surface area contributed by atoms with E-state index in [2.05, 4.69) is 43.1 Å². The predicted molar refractivity (Wildman–Crippen MR) is 74.2 cm³/mol. The average Bonchev–Trinajstić information content (AvgIpc) is 2.26. The number of halogens is 2. The first-order chi connectivity index (χ1) is 8.43. The molecule has 0 saturated carbocycles. The van der Waals surface area contributed by atoms with Crippen LogP contribution in [0.25, 0.3) is 0 Å². The molecule has 4 nitrogen and oxygen atoms in total. The molecule has 0 radical (unpaired) electrons. The Hall–Kier alpha value is -1.32. The van der Waals surface area contributed by atoms with Gasteiger partial charge in [-0.25, -0.2) is 4.79 Å². The van der Waals surface area contributed by atoms with Crippen LogP contribution in [0.15, 0.2) is 27.1 Å². The third-order valence-electron chi connectivity index (χ3n) is 2.05. The SMILES string of the molecule is C#CC[C@@H](NC(=O)c1cc(Br)cc(Br)c1)C(=O)O. The van der Waals surface area contributed by atoms with Crippen molar-refractivity contribution in [1.82, 2.24) is 5.32 Å². The summed E-state index contributed by atoms with van der Waals surface area (Å²) in [5.41, 5.74) is 0.347. The van der Waals surface area contributed by atoms with Crippen LogP contribution in [0.4, 0.5) is 0 Å². The lowest BCUT2D eigenvalue weighted by atomic mass is 10.1. The minimum absolute atomic E-state index is 0.0593. The Kier molecular flexibility index (Phi) is 5.38. The molecule has 1 atom stereocenters. The molecule has 0 heterocycles. The lowest BCUT2D eigenvalue weighted by molar-refractivity contribution is -0.139. The largest absolute Gasteiger partial charge is 0.480 e. The Bertz CT molecular complexity index is 502. The molecule has 0 bridgehead atoms. The Morgan fingerprint density at radius 1 is 1.33 bits per heavy atom.